The first-order valence-electron chi connectivity index (χ1n) is 7.09. The molecule has 7 nitrogen and oxygen atoms in total. The van der Waals surface area contributed by atoms with Crippen molar-refractivity contribution in [1.29, 1.82) is 0 Å². The lowest BCUT2D eigenvalue weighted by molar-refractivity contribution is 0.0706. The highest BCUT2D eigenvalue weighted by molar-refractivity contribution is 7.90. The van der Waals surface area contributed by atoms with Crippen LogP contribution < -0.4 is 10.8 Å². The van der Waals surface area contributed by atoms with Crippen molar-refractivity contribution in [3.63, 3.8) is 0 Å². The van der Waals surface area contributed by atoms with E-state index in [0.29, 0.717) is 29.2 Å². The molecule has 0 unspecified atom stereocenters. The Morgan fingerprint density at radius 3 is 2.71 bits per heavy atom. The number of benzene rings is 2. The van der Waals surface area contributed by atoms with Crippen molar-refractivity contribution in [1.82, 2.24) is 5.48 Å². The number of aliphatic imine (C=N–C) groups is 1. The summed E-state index contributed by atoms with van der Waals surface area (Å²) in [6, 6.07) is 11.5. The van der Waals surface area contributed by atoms with Crippen molar-refractivity contribution in [2.75, 3.05) is 11.6 Å². The maximum atomic E-state index is 11.6. The predicted molar refractivity (Wildman–Crippen MR) is 89.7 cm³/mol. The minimum absolute atomic E-state index is 0.230. The molecule has 1 amide bonds. The lowest BCUT2D eigenvalue weighted by Crippen LogP contribution is -2.19. The summed E-state index contributed by atoms with van der Waals surface area (Å²) in [5.41, 5.74) is 4.07. The topological polar surface area (TPSA) is 108 Å². The highest BCUT2D eigenvalue weighted by Crippen LogP contribution is 2.29. The van der Waals surface area contributed by atoms with E-state index >= 15 is 0 Å². The lowest BCUT2D eigenvalue weighted by atomic mass is 10.1. The first-order valence-corrected chi connectivity index (χ1v) is 8.98. The summed E-state index contributed by atoms with van der Waals surface area (Å²) in [6.07, 6.45) is 1.69. The van der Waals surface area contributed by atoms with Crippen LogP contribution in [0.15, 0.2) is 52.4 Å². The van der Waals surface area contributed by atoms with E-state index < -0.39 is 15.7 Å². The number of hydroxylamine groups is 1. The van der Waals surface area contributed by atoms with E-state index in [2.05, 4.69) is 10.3 Å². The SMILES string of the molecule is CS(=O)(=O)c1ccc2c(c1)N=C(Nc1cccc(C(=O)NO)c1)C2. The van der Waals surface area contributed by atoms with Crippen LogP contribution in [0, 0.1) is 0 Å². The van der Waals surface area contributed by atoms with Crippen molar-refractivity contribution in [2.45, 2.75) is 11.3 Å². The Balaban J connectivity index is 1.83. The molecule has 0 spiro atoms. The summed E-state index contributed by atoms with van der Waals surface area (Å²) >= 11 is 0. The molecule has 1 aliphatic heterocycles. The maximum Gasteiger partial charge on any atom is 0.274 e. The average molecular weight is 345 g/mol. The molecule has 0 radical (unpaired) electrons. The van der Waals surface area contributed by atoms with Crippen LogP contribution in [0.4, 0.5) is 11.4 Å². The number of carbonyl (C=O) groups is 1. The second-order valence-corrected chi connectivity index (χ2v) is 7.46. The largest absolute Gasteiger partial charge is 0.343 e. The van der Waals surface area contributed by atoms with Crippen molar-refractivity contribution in [3.05, 3.63) is 53.6 Å². The smallest absolute Gasteiger partial charge is 0.274 e. The number of hydrogen-bond donors (Lipinski definition) is 3. The monoisotopic (exact) mass is 345 g/mol. The molecular weight excluding hydrogens is 330 g/mol. The Bertz CT molecular complexity index is 952. The summed E-state index contributed by atoms with van der Waals surface area (Å²) in [4.78, 5) is 16.1. The molecule has 2 aromatic rings. The number of anilines is 1. The van der Waals surface area contributed by atoms with Crippen molar-refractivity contribution in [2.24, 2.45) is 4.99 Å². The van der Waals surface area contributed by atoms with E-state index in [1.165, 1.54) is 0 Å². The zero-order valence-corrected chi connectivity index (χ0v) is 13.6. The van der Waals surface area contributed by atoms with E-state index in [4.69, 9.17) is 5.21 Å². The fraction of sp³-hybridized carbons (Fsp3) is 0.125. The molecule has 3 rings (SSSR count). The molecule has 1 aliphatic rings. The zero-order chi connectivity index (χ0) is 17.3. The van der Waals surface area contributed by atoms with Gasteiger partial charge in [-0.2, -0.15) is 0 Å². The van der Waals surface area contributed by atoms with Crippen LogP contribution in [0.2, 0.25) is 0 Å². The number of nitrogens with one attached hydrogen (secondary N) is 2. The molecule has 8 heteroatoms. The molecule has 2 aromatic carbocycles. The van der Waals surface area contributed by atoms with Gasteiger partial charge < -0.3 is 5.32 Å². The minimum atomic E-state index is -3.28. The molecule has 3 N–H and O–H groups in total. The first kappa shape index (κ1) is 16.2. The van der Waals surface area contributed by atoms with Gasteiger partial charge in [0.1, 0.15) is 5.84 Å². The molecule has 0 bridgehead atoms. The van der Waals surface area contributed by atoms with Gasteiger partial charge >= 0.3 is 0 Å². The van der Waals surface area contributed by atoms with Gasteiger partial charge in [0, 0.05) is 23.9 Å². The van der Waals surface area contributed by atoms with E-state index in [9.17, 15) is 13.2 Å². The van der Waals surface area contributed by atoms with Gasteiger partial charge in [0.15, 0.2) is 9.84 Å². The van der Waals surface area contributed by atoms with Crippen LogP contribution in [-0.4, -0.2) is 31.6 Å². The Labute approximate surface area is 138 Å². The zero-order valence-electron chi connectivity index (χ0n) is 12.8. The molecule has 24 heavy (non-hydrogen) atoms. The lowest BCUT2D eigenvalue weighted by Gasteiger charge is -2.07. The highest BCUT2D eigenvalue weighted by atomic mass is 32.2. The first-order chi connectivity index (χ1) is 11.4. The third-order valence-corrected chi connectivity index (χ3v) is 4.72. The summed E-state index contributed by atoms with van der Waals surface area (Å²) in [5.74, 6) is 0.0466. The van der Waals surface area contributed by atoms with Gasteiger partial charge in [0.2, 0.25) is 0 Å². The van der Waals surface area contributed by atoms with Gasteiger partial charge in [-0.25, -0.2) is 18.9 Å². The Morgan fingerprint density at radius 1 is 1.21 bits per heavy atom. The number of rotatable bonds is 3. The fourth-order valence-corrected chi connectivity index (χ4v) is 3.08. The van der Waals surface area contributed by atoms with E-state index in [1.807, 2.05) is 0 Å². The number of hydrogen-bond acceptors (Lipinski definition) is 6. The Kier molecular flexibility index (Phi) is 4.08. The predicted octanol–water partition coefficient (Wildman–Crippen LogP) is 1.91. The fourth-order valence-electron chi connectivity index (χ4n) is 2.43. The molecule has 124 valence electrons. The molecule has 0 fully saturated rings. The minimum Gasteiger partial charge on any atom is -0.343 e. The highest BCUT2D eigenvalue weighted by Gasteiger charge is 2.18. The van der Waals surface area contributed by atoms with Gasteiger partial charge in [0.05, 0.1) is 10.6 Å². The number of fused-ring (bicyclic) bond motifs is 1. The average Bonchev–Trinajstić information content (AvgIpc) is 2.94. The van der Waals surface area contributed by atoms with Crippen LogP contribution in [0.5, 0.6) is 0 Å². The maximum absolute atomic E-state index is 11.6. The third-order valence-electron chi connectivity index (χ3n) is 3.61. The molecular formula is C16H15N3O4S. The molecule has 0 aliphatic carbocycles. The summed E-state index contributed by atoms with van der Waals surface area (Å²) in [6.45, 7) is 0. The summed E-state index contributed by atoms with van der Waals surface area (Å²) < 4.78 is 23.2. The molecule has 0 atom stereocenters. The Morgan fingerprint density at radius 2 is 2.00 bits per heavy atom. The van der Waals surface area contributed by atoms with Gasteiger partial charge in [-0.3, -0.25) is 10.0 Å². The van der Waals surface area contributed by atoms with Gasteiger partial charge in [-0.05, 0) is 35.9 Å². The molecule has 0 saturated heterocycles. The van der Waals surface area contributed by atoms with Crippen LogP contribution in [-0.2, 0) is 16.3 Å². The normalized spacial score (nSPS) is 13.2. The number of nitrogens with zero attached hydrogens (tertiary/aromatic N) is 1. The van der Waals surface area contributed by atoms with Crippen LogP contribution >= 0.6 is 0 Å². The summed E-state index contributed by atoms with van der Waals surface area (Å²) in [7, 11) is -3.28. The standard InChI is InChI=1S/C16H15N3O4S/c1-24(22,23)13-6-5-10-8-15(18-14(10)9-13)17-12-4-2-3-11(7-12)16(20)19-21/h2-7,9,21H,8H2,1H3,(H,17,18)(H,19,20). The van der Waals surface area contributed by atoms with Gasteiger partial charge in [0.25, 0.3) is 5.91 Å². The molecule has 0 aromatic heterocycles. The van der Waals surface area contributed by atoms with Crippen LogP contribution in [0.1, 0.15) is 15.9 Å². The van der Waals surface area contributed by atoms with Crippen LogP contribution in [0.3, 0.4) is 0 Å². The quantitative estimate of drug-likeness (QED) is 0.582. The second kappa shape index (κ2) is 6.06. The molecule has 1 heterocycles. The van der Waals surface area contributed by atoms with Crippen molar-refractivity contribution >= 4 is 33.0 Å². The Hall–Kier alpha value is -2.71. The van der Waals surface area contributed by atoms with E-state index in [1.54, 1.807) is 47.9 Å². The van der Waals surface area contributed by atoms with Gasteiger partial charge in [-0.15, -0.1) is 0 Å². The number of amides is 1. The number of amidine groups is 1. The third kappa shape index (κ3) is 3.29. The molecule has 0 saturated carbocycles. The van der Waals surface area contributed by atoms with Crippen LogP contribution in [0.25, 0.3) is 0 Å². The number of sulfone groups is 1. The second-order valence-electron chi connectivity index (χ2n) is 5.44. The summed E-state index contributed by atoms with van der Waals surface area (Å²) in [5, 5.41) is 11.8. The van der Waals surface area contributed by atoms with Gasteiger partial charge in [-0.1, -0.05) is 12.1 Å². The van der Waals surface area contributed by atoms with Crippen molar-refractivity contribution < 1.29 is 18.4 Å². The van der Waals surface area contributed by atoms with E-state index in [0.717, 1.165) is 11.8 Å². The van der Waals surface area contributed by atoms with E-state index in [-0.39, 0.29) is 4.90 Å². The van der Waals surface area contributed by atoms with Crippen molar-refractivity contribution in [3.8, 4) is 0 Å². The number of carbonyl (C=O) groups excluding carboxylic acids is 1.